The van der Waals surface area contributed by atoms with E-state index in [1.165, 1.54) is 0 Å². The van der Waals surface area contributed by atoms with Gasteiger partial charge in [0.25, 0.3) is 0 Å². The van der Waals surface area contributed by atoms with Crippen LogP contribution in [-0.2, 0) is 9.59 Å². The molecule has 2 amide bonds. The first-order valence-electron chi connectivity index (χ1n) is 9.71. The maximum Gasteiger partial charge on any atom is 0.245 e. The minimum atomic E-state index is -0.568. The lowest BCUT2D eigenvalue weighted by Gasteiger charge is -2.31. The predicted octanol–water partition coefficient (Wildman–Crippen LogP) is 2.88. The molecule has 0 spiro atoms. The standard InChI is InChI=1S/C22H32N2O5/c1-14(23-21(26)22(2,3)4)20(25)24-10-8-15(9-11-24)19-17(28-6)12-16(27-5)13-18(19)29-7/h8,12-14H,9-11H2,1-7H3,(H,23,26)/t14-/m1/s1. The second-order valence-electron chi connectivity index (χ2n) is 8.12. The summed E-state index contributed by atoms with van der Waals surface area (Å²) >= 11 is 0. The number of benzene rings is 1. The van der Waals surface area contributed by atoms with Crippen LogP contribution in [0.2, 0.25) is 0 Å². The largest absolute Gasteiger partial charge is 0.496 e. The van der Waals surface area contributed by atoms with Crippen LogP contribution in [-0.4, -0.2) is 57.2 Å². The fourth-order valence-corrected chi connectivity index (χ4v) is 3.17. The molecule has 0 aliphatic carbocycles. The smallest absolute Gasteiger partial charge is 0.245 e. The summed E-state index contributed by atoms with van der Waals surface area (Å²) in [6.07, 6.45) is 2.66. The molecule has 7 heteroatoms. The van der Waals surface area contributed by atoms with Crippen molar-refractivity contribution in [2.24, 2.45) is 5.41 Å². The highest BCUT2D eigenvalue weighted by Gasteiger charge is 2.29. The Labute approximate surface area is 173 Å². The molecule has 1 atom stereocenters. The minimum Gasteiger partial charge on any atom is -0.496 e. The van der Waals surface area contributed by atoms with Gasteiger partial charge in [0.15, 0.2) is 0 Å². The van der Waals surface area contributed by atoms with Gasteiger partial charge in [-0.1, -0.05) is 26.8 Å². The second-order valence-corrected chi connectivity index (χ2v) is 8.12. The number of methoxy groups -OCH3 is 3. The van der Waals surface area contributed by atoms with Crippen LogP contribution >= 0.6 is 0 Å². The maximum atomic E-state index is 12.7. The first-order valence-corrected chi connectivity index (χ1v) is 9.71. The van der Waals surface area contributed by atoms with E-state index in [4.69, 9.17) is 14.2 Å². The zero-order valence-electron chi connectivity index (χ0n) is 18.4. The average molecular weight is 405 g/mol. The van der Waals surface area contributed by atoms with Gasteiger partial charge in [-0.2, -0.15) is 0 Å². The zero-order chi connectivity index (χ0) is 21.8. The van der Waals surface area contributed by atoms with Gasteiger partial charge in [-0.25, -0.2) is 0 Å². The van der Waals surface area contributed by atoms with Crippen molar-refractivity contribution in [1.29, 1.82) is 0 Å². The van der Waals surface area contributed by atoms with Gasteiger partial charge in [0.1, 0.15) is 23.3 Å². The van der Waals surface area contributed by atoms with Gasteiger partial charge in [-0.15, -0.1) is 0 Å². The summed E-state index contributed by atoms with van der Waals surface area (Å²) in [5.74, 6) is 1.75. The molecule has 160 valence electrons. The fraction of sp³-hybridized carbons (Fsp3) is 0.545. The van der Waals surface area contributed by atoms with Gasteiger partial charge in [0.05, 0.1) is 26.9 Å². The van der Waals surface area contributed by atoms with Crippen LogP contribution in [0.4, 0.5) is 0 Å². The third kappa shape index (κ3) is 5.22. The van der Waals surface area contributed by atoms with E-state index in [2.05, 4.69) is 5.32 Å². The maximum absolute atomic E-state index is 12.7. The molecule has 1 N–H and O–H groups in total. The zero-order valence-corrected chi connectivity index (χ0v) is 18.4. The van der Waals surface area contributed by atoms with E-state index in [-0.39, 0.29) is 11.8 Å². The van der Waals surface area contributed by atoms with Crippen molar-refractivity contribution in [3.63, 3.8) is 0 Å². The van der Waals surface area contributed by atoms with Gasteiger partial charge in [0, 0.05) is 30.6 Å². The van der Waals surface area contributed by atoms with Crippen LogP contribution in [0.25, 0.3) is 5.57 Å². The summed E-state index contributed by atoms with van der Waals surface area (Å²) in [5.41, 5.74) is 1.39. The van der Waals surface area contributed by atoms with Crippen molar-refractivity contribution in [3.8, 4) is 17.2 Å². The molecule has 0 fully saturated rings. The number of nitrogens with zero attached hydrogens (tertiary/aromatic N) is 1. The highest BCUT2D eigenvalue weighted by molar-refractivity contribution is 5.90. The molecule has 1 aliphatic rings. The average Bonchev–Trinajstić information content (AvgIpc) is 2.71. The SMILES string of the molecule is COc1cc(OC)c(C2=CCN(C(=O)[C@@H](C)NC(=O)C(C)(C)C)CC2)c(OC)c1. The Kier molecular flexibility index (Phi) is 7.16. The lowest BCUT2D eigenvalue weighted by molar-refractivity contribution is -0.137. The lowest BCUT2D eigenvalue weighted by Crippen LogP contribution is -2.50. The molecule has 1 heterocycles. The number of nitrogens with one attached hydrogen (secondary N) is 1. The third-order valence-corrected chi connectivity index (χ3v) is 4.96. The molecule has 0 bridgehead atoms. The van der Waals surface area contributed by atoms with Crippen LogP contribution in [0.1, 0.15) is 39.7 Å². The second kappa shape index (κ2) is 9.20. The first-order chi connectivity index (χ1) is 13.6. The predicted molar refractivity (Wildman–Crippen MR) is 112 cm³/mol. The summed E-state index contributed by atoms with van der Waals surface area (Å²) < 4.78 is 16.4. The van der Waals surface area contributed by atoms with E-state index in [0.29, 0.717) is 36.8 Å². The van der Waals surface area contributed by atoms with Crippen LogP contribution in [0, 0.1) is 5.41 Å². The van der Waals surface area contributed by atoms with E-state index in [0.717, 1.165) is 11.1 Å². The van der Waals surface area contributed by atoms with E-state index in [9.17, 15) is 9.59 Å². The van der Waals surface area contributed by atoms with E-state index >= 15 is 0 Å². The highest BCUT2D eigenvalue weighted by Crippen LogP contribution is 2.40. The molecular weight excluding hydrogens is 372 g/mol. The van der Waals surface area contributed by atoms with Crippen molar-refractivity contribution < 1.29 is 23.8 Å². The summed E-state index contributed by atoms with van der Waals surface area (Å²) in [7, 11) is 4.81. The van der Waals surface area contributed by atoms with Crippen molar-refractivity contribution in [3.05, 3.63) is 23.8 Å². The first kappa shape index (κ1) is 22.6. The number of rotatable bonds is 6. The molecule has 2 rings (SSSR count). The number of hydrogen-bond donors (Lipinski definition) is 1. The normalized spacial score (nSPS) is 15.3. The van der Waals surface area contributed by atoms with Gasteiger partial charge in [-0.05, 0) is 18.9 Å². The van der Waals surface area contributed by atoms with Crippen LogP contribution in [0.3, 0.4) is 0 Å². The number of hydrogen-bond acceptors (Lipinski definition) is 5. The van der Waals surface area contributed by atoms with Crippen molar-refractivity contribution in [1.82, 2.24) is 10.2 Å². The molecule has 7 nitrogen and oxygen atoms in total. The molecule has 0 saturated carbocycles. The van der Waals surface area contributed by atoms with E-state index < -0.39 is 11.5 Å². The van der Waals surface area contributed by atoms with Gasteiger partial charge >= 0.3 is 0 Å². The molecule has 1 aromatic rings. The number of amides is 2. The Morgan fingerprint density at radius 3 is 2.07 bits per heavy atom. The Hall–Kier alpha value is -2.70. The number of carbonyl (C=O) groups excluding carboxylic acids is 2. The van der Waals surface area contributed by atoms with Gasteiger partial charge < -0.3 is 24.4 Å². The van der Waals surface area contributed by atoms with Crippen molar-refractivity contribution in [2.75, 3.05) is 34.4 Å². The topological polar surface area (TPSA) is 77.1 Å². The van der Waals surface area contributed by atoms with Crippen molar-refractivity contribution >= 4 is 17.4 Å². The summed E-state index contributed by atoms with van der Waals surface area (Å²) in [5, 5.41) is 2.80. The molecule has 1 aliphatic heterocycles. The highest BCUT2D eigenvalue weighted by atomic mass is 16.5. The Morgan fingerprint density at radius 1 is 1.07 bits per heavy atom. The number of carbonyl (C=O) groups is 2. The van der Waals surface area contributed by atoms with Gasteiger partial charge in [-0.3, -0.25) is 9.59 Å². The summed E-state index contributed by atoms with van der Waals surface area (Å²) in [6, 6.07) is 3.07. The fourth-order valence-electron chi connectivity index (χ4n) is 3.17. The molecule has 0 unspecified atom stereocenters. The van der Waals surface area contributed by atoms with Crippen LogP contribution < -0.4 is 19.5 Å². The molecular formula is C22H32N2O5. The van der Waals surface area contributed by atoms with Gasteiger partial charge in [0.2, 0.25) is 11.8 Å². The van der Waals surface area contributed by atoms with Crippen molar-refractivity contribution in [2.45, 2.75) is 40.2 Å². The molecule has 29 heavy (non-hydrogen) atoms. The molecule has 0 aromatic heterocycles. The van der Waals surface area contributed by atoms with E-state index in [1.54, 1.807) is 33.2 Å². The Morgan fingerprint density at radius 2 is 1.66 bits per heavy atom. The monoisotopic (exact) mass is 404 g/mol. The van der Waals surface area contributed by atoms with Crippen LogP contribution in [0.5, 0.6) is 17.2 Å². The molecule has 1 aromatic carbocycles. The number of ether oxygens (including phenoxy) is 3. The Balaban J connectivity index is 2.17. The minimum absolute atomic E-state index is 0.0911. The third-order valence-electron chi connectivity index (χ3n) is 4.96. The quantitative estimate of drug-likeness (QED) is 0.789. The van der Waals surface area contributed by atoms with E-state index in [1.807, 2.05) is 39.0 Å². The molecule has 0 saturated heterocycles. The van der Waals surface area contributed by atoms with Crippen LogP contribution in [0.15, 0.2) is 18.2 Å². The lowest BCUT2D eigenvalue weighted by atomic mass is 9.95. The summed E-state index contributed by atoms with van der Waals surface area (Å²) in [4.78, 5) is 26.7. The summed E-state index contributed by atoms with van der Waals surface area (Å²) in [6.45, 7) is 8.21. The Bertz CT molecular complexity index is 770. The molecule has 0 radical (unpaired) electrons.